The maximum Gasteiger partial charge on any atom is 0.213 e. The molecule has 0 fully saturated rings. The van der Waals surface area contributed by atoms with Gasteiger partial charge in [0.25, 0.3) is 0 Å². The number of fused-ring (bicyclic) bond motifs is 1. The van der Waals surface area contributed by atoms with E-state index in [2.05, 4.69) is 15.1 Å². The molecule has 0 saturated carbocycles. The lowest BCUT2D eigenvalue weighted by molar-refractivity contribution is 0.408. The second-order valence-corrected chi connectivity index (χ2v) is 4.21. The lowest BCUT2D eigenvalue weighted by atomic mass is 10.2. The highest BCUT2D eigenvalue weighted by atomic mass is 16.5. The molecule has 0 spiro atoms. The van der Waals surface area contributed by atoms with Gasteiger partial charge in [0.05, 0.1) is 11.0 Å². The molecule has 0 aliphatic heterocycles. The summed E-state index contributed by atoms with van der Waals surface area (Å²) in [5.74, 6) is 1.18. The molecule has 18 heavy (non-hydrogen) atoms. The van der Waals surface area contributed by atoms with Crippen molar-refractivity contribution in [3.63, 3.8) is 0 Å². The summed E-state index contributed by atoms with van der Waals surface area (Å²) >= 11 is 0. The number of hydrogen-bond acceptors (Lipinski definition) is 5. The molecule has 0 saturated heterocycles. The summed E-state index contributed by atoms with van der Waals surface area (Å²) < 4.78 is 6.66. The van der Waals surface area contributed by atoms with E-state index in [-0.39, 0.29) is 0 Å². The molecule has 2 N–H and O–H groups in total. The highest BCUT2D eigenvalue weighted by molar-refractivity contribution is 5.79. The van der Waals surface area contributed by atoms with Crippen LogP contribution in [0.1, 0.15) is 11.4 Å². The van der Waals surface area contributed by atoms with E-state index in [0.29, 0.717) is 24.7 Å². The SMILES string of the molecule is Cc1ccc2c(c1)nc(N)n2CCc1ncon1. The van der Waals surface area contributed by atoms with Gasteiger partial charge in [-0.1, -0.05) is 11.2 Å². The number of nitrogens with two attached hydrogens (primary N) is 1. The van der Waals surface area contributed by atoms with Crippen LogP contribution in [0.2, 0.25) is 0 Å². The van der Waals surface area contributed by atoms with Crippen molar-refractivity contribution in [2.75, 3.05) is 5.73 Å². The molecule has 2 heterocycles. The van der Waals surface area contributed by atoms with Gasteiger partial charge >= 0.3 is 0 Å². The van der Waals surface area contributed by atoms with E-state index in [0.717, 1.165) is 11.0 Å². The summed E-state index contributed by atoms with van der Waals surface area (Å²) in [6.07, 6.45) is 1.99. The van der Waals surface area contributed by atoms with Crippen molar-refractivity contribution in [1.29, 1.82) is 0 Å². The number of nitrogens with zero attached hydrogens (tertiary/aromatic N) is 4. The van der Waals surface area contributed by atoms with Crippen LogP contribution in [0.4, 0.5) is 5.95 Å². The molecular weight excluding hydrogens is 230 g/mol. The summed E-state index contributed by atoms with van der Waals surface area (Å²) in [7, 11) is 0. The van der Waals surface area contributed by atoms with E-state index in [1.165, 1.54) is 12.0 Å². The summed E-state index contributed by atoms with van der Waals surface area (Å²) in [6.45, 7) is 2.72. The van der Waals surface area contributed by atoms with Gasteiger partial charge in [-0.3, -0.25) is 0 Å². The van der Waals surface area contributed by atoms with Crippen LogP contribution in [0.15, 0.2) is 29.1 Å². The van der Waals surface area contributed by atoms with Gasteiger partial charge in [0.2, 0.25) is 12.3 Å². The van der Waals surface area contributed by atoms with Crippen LogP contribution < -0.4 is 5.73 Å². The van der Waals surface area contributed by atoms with Crippen molar-refractivity contribution in [2.45, 2.75) is 19.9 Å². The molecule has 0 radical (unpaired) electrons. The molecule has 0 bridgehead atoms. The average molecular weight is 243 g/mol. The zero-order valence-electron chi connectivity index (χ0n) is 10.00. The van der Waals surface area contributed by atoms with E-state index in [4.69, 9.17) is 10.3 Å². The number of rotatable bonds is 3. The first-order valence-electron chi connectivity index (χ1n) is 5.71. The minimum absolute atomic E-state index is 0.513. The smallest absolute Gasteiger partial charge is 0.213 e. The normalized spacial score (nSPS) is 11.2. The number of imidazole rings is 1. The first-order valence-corrected chi connectivity index (χ1v) is 5.71. The molecule has 0 aliphatic carbocycles. The topological polar surface area (TPSA) is 82.8 Å². The zero-order chi connectivity index (χ0) is 12.5. The third kappa shape index (κ3) is 1.81. The second-order valence-electron chi connectivity index (χ2n) is 4.21. The quantitative estimate of drug-likeness (QED) is 0.754. The minimum atomic E-state index is 0.513. The molecule has 2 aromatic heterocycles. The Hall–Kier alpha value is -2.37. The van der Waals surface area contributed by atoms with E-state index in [1.807, 2.05) is 29.7 Å². The minimum Gasteiger partial charge on any atom is -0.369 e. The first-order chi connectivity index (χ1) is 8.74. The number of anilines is 1. The molecule has 0 amide bonds. The average Bonchev–Trinajstić information content (AvgIpc) is 2.93. The Morgan fingerprint density at radius 3 is 3.06 bits per heavy atom. The highest BCUT2D eigenvalue weighted by Gasteiger charge is 2.09. The van der Waals surface area contributed by atoms with Gasteiger partial charge in [0, 0.05) is 13.0 Å². The molecule has 92 valence electrons. The van der Waals surface area contributed by atoms with Gasteiger partial charge in [0.1, 0.15) is 0 Å². The van der Waals surface area contributed by atoms with Gasteiger partial charge in [0.15, 0.2) is 5.82 Å². The molecule has 6 nitrogen and oxygen atoms in total. The van der Waals surface area contributed by atoms with Crippen LogP contribution in [0, 0.1) is 6.92 Å². The van der Waals surface area contributed by atoms with E-state index >= 15 is 0 Å². The van der Waals surface area contributed by atoms with Crippen LogP contribution in [-0.4, -0.2) is 19.7 Å². The Morgan fingerprint density at radius 2 is 2.28 bits per heavy atom. The maximum atomic E-state index is 5.93. The van der Waals surface area contributed by atoms with Crippen LogP contribution in [0.3, 0.4) is 0 Å². The van der Waals surface area contributed by atoms with Crippen molar-refractivity contribution in [3.8, 4) is 0 Å². The lowest BCUT2D eigenvalue weighted by Crippen LogP contribution is -2.06. The van der Waals surface area contributed by atoms with Crippen LogP contribution in [0.25, 0.3) is 11.0 Å². The van der Waals surface area contributed by atoms with E-state index < -0.39 is 0 Å². The lowest BCUT2D eigenvalue weighted by Gasteiger charge is -2.04. The van der Waals surface area contributed by atoms with Crippen molar-refractivity contribution < 1.29 is 4.52 Å². The maximum absolute atomic E-state index is 5.93. The Balaban J connectivity index is 1.93. The summed E-state index contributed by atoms with van der Waals surface area (Å²) in [5, 5.41) is 3.78. The molecule has 0 aliphatic rings. The van der Waals surface area contributed by atoms with Crippen molar-refractivity contribution in [2.24, 2.45) is 0 Å². The molecule has 0 unspecified atom stereocenters. The Kier molecular flexibility index (Phi) is 2.47. The fourth-order valence-electron chi connectivity index (χ4n) is 2.01. The first kappa shape index (κ1) is 10.8. The van der Waals surface area contributed by atoms with E-state index in [1.54, 1.807) is 0 Å². The molecule has 3 rings (SSSR count). The van der Waals surface area contributed by atoms with Crippen molar-refractivity contribution in [3.05, 3.63) is 36.0 Å². The van der Waals surface area contributed by atoms with Crippen molar-refractivity contribution >= 4 is 17.0 Å². The third-order valence-electron chi connectivity index (χ3n) is 2.90. The molecular formula is C12H13N5O. The molecule has 3 aromatic rings. The second kappa shape index (κ2) is 4.14. The molecule has 0 atom stereocenters. The number of aromatic nitrogens is 4. The fraction of sp³-hybridized carbons (Fsp3) is 0.250. The fourth-order valence-corrected chi connectivity index (χ4v) is 2.01. The Labute approximate surface area is 103 Å². The van der Waals surface area contributed by atoms with Gasteiger partial charge < -0.3 is 14.8 Å². The van der Waals surface area contributed by atoms with Crippen molar-refractivity contribution in [1.82, 2.24) is 19.7 Å². The number of benzene rings is 1. The standard InChI is InChI=1S/C12H13N5O/c1-8-2-3-10-9(6-8)15-12(13)17(10)5-4-11-14-7-18-16-11/h2-3,6-7H,4-5H2,1H3,(H2,13,15). The van der Waals surface area contributed by atoms with Crippen LogP contribution in [0.5, 0.6) is 0 Å². The third-order valence-corrected chi connectivity index (χ3v) is 2.90. The zero-order valence-corrected chi connectivity index (χ0v) is 10.00. The molecule has 6 heteroatoms. The predicted molar refractivity (Wildman–Crippen MR) is 66.9 cm³/mol. The Bertz CT molecular complexity index is 671. The van der Waals surface area contributed by atoms with Crippen LogP contribution in [-0.2, 0) is 13.0 Å². The summed E-state index contributed by atoms with van der Waals surface area (Å²) in [5.41, 5.74) is 9.05. The monoisotopic (exact) mass is 243 g/mol. The predicted octanol–water partition coefficient (Wildman–Crippen LogP) is 1.55. The van der Waals surface area contributed by atoms with Gasteiger partial charge in [-0.15, -0.1) is 0 Å². The number of hydrogen-bond donors (Lipinski definition) is 1. The molecule has 1 aromatic carbocycles. The highest BCUT2D eigenvalue weighted by Crippen LogP contribution is 2.19. The largest absolute Gasteiger partial charge is 0.369 e. The van der Waals surface area contributed by atoms with Gasteiger partial charge in [-0.2, -0.15) is 4.98 Å². The van der Waals surface area contributed by atoms with Gasteiger partial charge in [-0.05, 0) is 24.6 Å². The summed E-state index contributed by atoms with van der Waals surface area (Å²) in [4.78, 5) is 8.34. The van der Waals surface area contributed by atoms with Crippen LogP contribution >= 0.6 is 0 Å². The van der Waals surface area contributed by atoms with Gasteiger partial charge in [-0.25, -0.2) is 4.98 Å². The number of nitrogen functional groups attached to an aromatic ring is 1. The number of aryl methyl sites for hydroxylation is 3. The summed E-state index contributed by atoms with van der Waals surface area (Å²) in [6, 6.07) is 6.11. The Morgan fingerprint density at radius 1 is 1.39 bits per heavy atom. The van der Waals surface area contributed by atoms with E-state index in [9.17, 15) is 0 Å².